The van der Waals surface area contributed by atoms with Gasteiger partial charge in [0.15, 0.2) is 6.61 Å². The topological polar surface area (TPSA) is 67.4 Å². The predicted octanol–water partition coefficient (Wildman–Crippen LogP) is 3.77. The summed E-state index contributed by atoms with van der Waals surface area (Å²) in [6.45, 7) is 6.11. The van der Waals surface area contributed by atoms with Gasteiger partial charge in [-0.2, -0.15) is 0 Å². The van der Waals surface area contributed by atoms with Crippen molar-refractivity contribution in [1.29, 1.82) is 0 Å². The molecule has 2 aromatic carbocycles. The maximum atomic E-state index is 11.8. The minimum atomic E-state index is -0.365. The molecule has 2 aromatic rings. The lowest BCUT2D eigenvalue weighted by atomic mass is 9.87. The van der Waals surface area contributed by atoms with E-state index in [2.05, 4.69) is 31.4 Å². The normalized spacial score (nSPS) is 10.9. The van der Waals surface area contributed by atoms with Crippen LogP contribution < -0.4 is 15.4 Å². The summed E-state index contributed by atoms with van der Waals surface area (Å²) >= 11 is 5.78. The molecule has 0 saturated carbocycles. The van der Waals surface area contributed by atoms with E-state index in [1.807, 2.05) is 24.3 Å². The number of hydrogen-bond acceptors (Lipinski definition) is 3. The van der Waals surface area contributed by atoms with E-state index < -0.39 is 0 Å². The van der Waals surface area contributed by atoms with Crippen molar-refractivity contribution in [2.75, 3.05) is 18.5 Å². The van der Waals surface area contributed by atoms with Crippen LogP contribution in [0.1, 0.15) is 26.3 Å². The first-order valence-corrected chi connectivity index (χ1v) is 8.67. The molecular weight excluding hydrogens is 352 g/mol. The molecule has 138 valence electrons. The van der Waals surface area contributed by atoms with Gasteiger partial charge in [0, 0.05) is 10.7 Å². The van der Waals surface area contributed by atoms with E-state index in [9.17, 15) is 9.59 Å². The Balaban J connectivity index is 1.73. The minimum absolute atomic E-state index is 0.0629. The summed E-state index contributed by atoms with van der Waals surface area (Å²) in [5.41, 5.74) is 1.87. The lowest BCUT2D eigenvalue weighted by Crippen LogP contribution is -2.35. The van der Waals surface area contributed by atoms with Crippen LogP contribution in [0.15, 0.2) is 48.5 Å². The molecule has 0 saturated heterocycles. The molecule has 2 N–H and O–H groups in total. The Labute approximate surface area is 158 Å². The first-order chi connectivity index (χ1) is 12.2. The molecule has 0 radical (unpaired) electrons. The molecule has 0 atom stereocenters. The van der Waals surface area contributed by atoms with Gasteiger partial charge in [-0.15, -0.1) is 0 Å². The van der Waals surface area contributed by atoms with Crippen LogP contribution in [-0.4, -0.2) is 25.0 Å². The van der Waals surface area contributed by atoms with Gasteiger partial charge < -0.3 is 15.4 Å². The van der Waals surface area contributed by atoms with Gasteiger partial charge in [-0.25, -0.2) is 0 Å². The molecule has 2 rings (SSSR count). The summed E-state index contributed by atoms with van der Waals surface area (Å²) in [4.78, 5) is 23.6. The number of amides is 2. The predicted molar refractivity (Wildman–Crippen MR) is 104 cm³/mol. The fraction of sp³-hybridized carbons (Fsp3) is 0.300. The fourth-order valence-corrected chi connectivity index (χ4v) is 2.29. The van der Waals surface area contributed by atoms with Gasteiger partial charge in [-0.3, -0.25) is 9.59 Å². The quantitative estimate of drug-likeness (QED) is 0.808. The third-order valence-electron chi connectivity index (χ3n) is 3.66. The number of halogens is 1. The van der Waals surface area contributed by atoms with Crippen molar-refractivity contribution >= 4 is 29.1 Å². The van der Waals surface area contributed by atoms with E-state index in [-0.39, 0.29) is 30.4 Å². The Morgan fingerprint density at radius 1 is 0.962 bits per heavy atom. The maximum Gasteiger partial charge on any atom is 0.258 e. The largest absolute Gasteiger partial charge is 0.484 e. The van der Waals surface area contributed by atoms with Gasteiger partial charge in [0.05, 0.1) is 6.54 Å². The molecule has 2 amide bonds. The van der Waals surface area contributed by atoms with Gasteiger partial charge in [0.25, 0.3) is 5.91 Å². The average molecular weight is 375 g/mol. The number of nitrogens with one attached hydrogen (secondary N) is 2. The number of carbonyl (C=O) groups is 2. The van der Waals surface area contributed by atoms with Crippen LogP contribution in [-0.2, 0) is 15.0 Å². The lowest BCUT2D eigenvalue weighted by molar-refractivity contribution is -0.125. The minimum Gasteiger partial charge on any atom is -0.484 e. The zero-order valence-electron chi connectivity index (χ0n) is 15.1. The third-order valence-corrected chi connectivity index (χ3v) is 3.92. The van der Waals surface area contributed by atoms with E-state index in [4.69, 9.17) is 16.3 Å². The molecular formula is C20H23ClN2O3. The van der Waals surface area contributed by atoms with E-state index in [0.717, 1.165) is 0 Å². The molecule has 0 aromatic heterocycles. The average Bonchev–Trinajstić information content (AvgIpc) is 2.60. The lowest BCUT2D eigenvalue weighted by Gasteiger charge is -2.19. The highest BCUT2D eigenvalue weighted by molar-refractivity contribution is 6.30. The summed E-state index contributed by atoms with van der Waals surface area (Å²) in [6.07, 6.45) is 0. The highest BCUT2D eigenvalue weighted by Crippen LogP contribution is 2.24. The van der Waals surface area contributed by atoms with Crippen molar-refractivity contribution in [3.63, 3.8) is 0 Å². The van der Waals surface area contributed by atoms with Crippen molar-refractivity contribution in [3.8, 4) is 5.75 Å². The zero-order valence-corrected chi connectivity index (χ0v) is 15.9. The van der Waals surface area contributed by atoms with Gasteiger partial charge in [-0.1, -0.05) is 44.5 Å². The van der Waals surface area contributed by atoms with Gasteiger partial charge in [-0.05, 0) is 47.4 Å². The maximum absolute atomic E-state index is 11.8. The van der Waals surface area contributed by atoms with Crippen LogP contribution in [0, 0.1) is 0 Å². The van der Waals surface area contributed by atoms with Crippen LogP contribution >= 0.6 is 11.6 Å². The molecule has 5 nitrogen and oxygen atoms in total. The summed E-state index contributed by atoms with van der Waals surface area (Å²) in [7, 11) is 0. The molecule has 0 aliphatic carbocycles. The monoisotopic (exact) mass is 374 g/mol. The SMILES string of the molecule is CC(C)(C)c1ccc(OCC(=O)NCC(=O)Nc2ccc(Cl)cc2)cc1. The van der Waals surface area contributed by atoms with Crippen LogP contribution in [0.2, 0.25) is 5.02 Å². The highest BCUT2D eigenvalue weighted by atomic mass is 35.5. The molecule has 26 heavy (non-hydrogen) atoms. The molecule has 0 heterocycles. The third kappa shape index (κ3) is 6.41. The first-order valence-electron chi connectivity index (χ1n) is 8.29. The van der Waals surface area contributed by atoms with Gasteiger partial charge in [0.2, 0.25) is 5.91 Å². The molecule has 0 aliphatic rings. The highest BCUT2D eigenvalue weighted by Gasteiger charge is 2.13. The van der Waals surface area contributed by atoms with Crippen molar-refractivity contribution in [3.05, 3.63) is 59.1 Å². The Morgan fingerprint density at radius 2 is 1.58 bits per heavy atom. The summed E-state index contributed by atoms with van der Waals surface area (Å²) < 4.78 is 5.44. The molecule has 0 fully saturated rings. The first kappa shape index (κ1) is 19.8. The van der Waals surface area contributed by atoms with Gasteiger partial charge in [0.1, 0.15) is 5.75 Å². The van der Waals surface area contributed by atoms with Gasteiger partial charge >= 0.3 is 0 Å². The zero-order chi connectivity index (χ0) is 19.2. The summed E-state index contributed by atoms with van der Waals surface area (Å²) in [6, 6.07) is 14.4. The Hall–Kier alpha value is -2.53. The smallest absolute Gasteiger partial charge is 0.258 e. The van der Waals surface area contributed by atoms with Crippen molar-refractivity contribution in [2.45, 2.75) is 26.2 Å². The standard InChI is InChI=1S/C20H23ClN2O3/c1-20(2,3)14-4-10-17(11-5-14)26-13-19(25)22-12-18(24)23-16-8-6-15(21)7-9-16/h4-11H,12-13H2,1-3H3,(H,22,25)(H,23,24). The van der Waals surface area contributed by atoms with Crippen LogP contribution in [0.5, 0.6) is 5.75 Å². The molecule has 0 unspecified atom stereocenters. The molecule has 0 aliphatic heterocycles. The number of ether oxygens (including phenoxy) is 1. The van der Waals surface area contributed by atoms with Crippen LogP contribution in [0.4, 0.5) is 5.69 Å². The van der Waals surface area contributed by atoms with E-state index >= 15 is 0 Å². The Bertz CT molecular complexity index is 750. The second-order valence-electron chi connectivity index (χ2n) is 6.89. The number of carbonyl (C=O) groups excluding carboxylic acids is 2. The number of benzene rings is 2. The number of rotatable bonds is 6. The Morgan fingerprint density at radius 3 is 2.15 bits per heavy atom. The van der Waals surface area contributed by atoms with Crippen LogP contribution in [0.3, 0.4) is 0 Å². The summed E-state index contributed by atoms with van der Waals surface area (Å²) in [5.74, 6) is -0.0786. The van der Waals surface area contributed by atoms with Crippen LogP contribution in [0.25, 0.3) is 0 Å². The van der Waals surface area contributed by atoms with E-state index in [1.54, 1.807) is 24.3 Å². The number of hydrogen-bond donors (Lipinski definition) is 2. The second-order valence-corrected chi connectivity index (χ2v) is 7.33. The molecule has 0 spiro atoms. The van der Waals surface area contributed by atoms with Crippen molar-refractivity contribution < 1.29 is 14.3 Å². The number of anilines is 1. The van der Waals surface area contributed by atoms with Crippen molar-refractivity contribution in [1.82, 2.24) is 5.32 Å². The fourth-order valence-electron chi connectivity index (χ4n) is 2.17. The second kappa shape index (κ2) is 8.72. The summed E-state index contributed by atoms with van der Waals surface area (Å²) in [5, 5.41) is 5.77. The van der Waals surface area contributed by atoms with Crippen molar-refractivity contribution in [2.24, 2.45) is 0 Å². The Kier molecular flexibility index (Phi) is 6.64. The molecule has 6 heteroatoms. The van der Waals surface area contributed by atoms with E-state index in [1.165, 1.54) is 5.56 Å². The van der Waals surface area contributed by atoms with E-state index in [0.29, 0.717) is 16.5 Å². The molecule has 0 bridgehead atoms.